The molecule has 0 spiro atoms. The fourth-order valence-corrected chi connectivity index (χ4v) is 3.06. The number of rotatable bonds is 7. The Balaban J connectivity index is 0.00000338. The molecular formula is C18H31IN4O3. The number of methoxy groups -OCH3 is 2. The van der Waals surface area contributed by atoms with Gasteiger partial charge < -0.3 is 25.3 Å². The van der Waals surface area contributed by atoms with Gasteiger partial charge in [-0.3, -0.25) is 9.89 Å². The molecule has 2 atom stereocenters. The summed E-state index contributed by atoms with van der Waals surface area (Å²) in [6.07, 6.45) is 1.56. The monoisotopic (exact) mass is 478 g/mol. The lowest BCUT2D eigenvalue weighted by Crippen LogP contribution is -2.45. The van der Waals surface area contributed by atoms with Gasteiger partial charge in [0.15, 0.2) is 17.5 Å². The molecule has 8 heteroatoms. The molecule has 0 aliphatic carbocycles. The number of nitrogens with two attached hydrogens (primary N) is 1. The predicted octanol–water partition coefficient (Wildman–Crippen LogP) is 2.55. The predicted molar refractivity (Wildman–Crippen MR) is 116 cm³/mol. The van der Waals surface area contributed by atoms with E-state index in [1.165, 1.54) is 0 Å². The first-order valence-corrected chi connectivity index (χ1v) is 8.68. The van der Waals surface area contributed by atoms with E-state index in [9.17, 15) is 0 Å². The maximum Gasteiger partial charge on any atom is 0.193 e. The molecule has 2 rings (SSSR count). The van der Waals surface area contributed by atoms with Crippen LogP contribution in [0.4, 0.5) is 5.69 Å². The summed E-state index contributed by atoms with van der Waals surface area (Å²) in [5, 5.41) is 3.08. The van der Waals surface area contributed by atoms with Crippen LogP contribution >= 0.6 is 24.0 Å². The molecule has 1 fully saturated rings. The van der Waals surface area contributed by atoms with Gasteiger partial charge in [-0.2, -0.15) is 0 Å². The van der Waals surface area contributed by atoms with E-state index in [1.54, 1.807) is 14.2 Å². The number of halogens is 1. The Bertz CT molecular complexity index is 576. The van der Waals surface area contributed by atoms with Crippen molar-refractivity contribution in [3.05, 3.63) is 18.2 Å². The van der Waals surface area contributed by atoms with E-state index in [2.05, 4.69) is 29.1 Å². The van der Waals surface area contributed by atoms with Crippen LogP contribution < -0.4 is 20.5 Å². The van der Waals surface area contributed by atoms with Crippen LogP contribution in [0.1, 0.15) is 20.3 Å². The van der Waals surface area contributed by atoms with Crippen LogP contribution in [0.2, 0.25) is 0 Å². The summed E-state index contributed by atoms with van der Waals surface area (Å²) in [5.74, 6) is 1.73. The Labute approximate surface area is 173 Å². The van der Waals surface area contributed by atoms with Gasteiger partial charge in [0.1, 0.15) is 0 Å². The zero-order valence-electron chi connectivity index (χ0n) is 16.0. The van der Waals surface area contributed by atoms with Crippen molar-refractivity contribution in [1.29, 1.82) is 0 Å². The van der Waals surface area contributed by atoms with Gasteiger partial charge >= 0.3 is 0 Å². The van der Waals surface area contributed by atoms with Gasteiger partial charge in [0, 0.05) is 37.9 Å². The highest BCUT2D eigenvalue weighted by molar-refractivity contribution is 14.0. The minimum absolute atomic E-state index is 0. The molecule has 0 aromatic heterocycles. The topological polar surface area (TPSA) is 81.3 Å². The highest BCUT2D eigenvalue weighted by atomic mass is 127. The Morgan fingerprint density at radius 1 is 1.23 bits per heavy atom. The third-order valence-electron chi connectivity index (χ3n) is 4.07. The lowest BCUT2D eigenvalue weighted by atomic mass is 10.2. The summed E-state index contributed by atoms with van der Waals surface area (Å²) in [6, 6.07) is 5.53. The Morgan fingerprint density at radius 2 is 1.88 bits per heavy atom. The Hall–Kier alpha value is -1.26. The summed E-state index contributed by atoms with van der Waals surface area (Å²) in [4.78, 5) is 6.82. The van der Waals surface area contributed by atoms with Crippen LogP contribution in [0.25, 0.3) is 0 Å². The zero-order valence-corrected chi connectivity index (χ0v) is 18.4. The number of hydrogen-bond donors (Lipinski definition) is 2. The maximum absolute atomic E-state index is 5.96. The van der Waals surface area contributed by atoms with Crippen LogP contribution in [0.15, 0.2) is 23.2 Å². The molecule has 2 unspecified atom stereocenters. The largest absolute Gasteiger partial charge is 0.493 e. The molecule has 1 aromatic rings. The molecule has 7 nitrogen and oxygen atoms in total. The third kappa shape index (κ3) is 7.16. The van der Waals surface area contributed by atoms with Gasteiger partial charge in [0.2, 0.25) is 0 Å². The van der Waals surface area contributed by atoms with Gasteiger partial charge in [-0.05, 0) is 32.4 Å². The quantitative estimate of drug-likeness (QED) is 0.272. The summed E-state index contributed by atoms with van der Waals surface area (Å²) in [5.41, 5.74) is 6.78. The molecule has 0 amide bonds. The molecule has 1 heterocycles. The standard InChI is InChI=1S/C18H30N4O3.HI/c1-13-11-22(12-14(2)25-13)9-5-8-20-18(19)21-15-6-7-16(23-3)17(10-15)24-4;/h6-7,10,13-14H,5,8-9,11-12H2,1-4H3,(H3,19,20,21);1H. The van der Waals surface area contributed by atoms with Gasteiger partial charge in [0.25, 0.3) is 0 Å². The molecule has 148 valence electrons. The van der Waals surface area contributed by atoms with Gasteiger partial charge in [0.05, 0.1) is 26.4 Å². The van der Waals surface area contributed by atoms with Crippen molar-refractivity contribution in [2.75, 3.05) is 45.7 Å². The first kappa shape index (κ1) is 22.8. The number of nitrogens with zero attached hydrogens (tertiary/aromatic N) is 2. The summed E-state index contributed by atoms with van der Waals surface area (Å²) < 4.78 is 16.2. The number of aliphatic imine (C=N–C) groups is 1. The highest BCUT2D eigenvalue weighted by Crippen LogP contribution is 2.29. The average Bonchev–Trinajstić information content (AvgIpc) is 2.57. The molecular weight excluding hydrogens is 447 g/mol. The number of ether oxygens (including phenoxy) is 3. The van der Waals surface area contributed by atoms with Crippen molar-refractivity contribution in [1.82, 2.24) is 4.90 Å². The van der Waals surface area contributed by atoms with Crippen LogP contribution in [-0.4, -0.2) is 63.5 Å². The minimum atomic E-state index is 0. The number of hydrogen-bond acceptors (Lipinski definition) is 5. The molecule has 26 heavy (non-hydrogen) atoms. The van der Waals surface area contributed by atoms with Crippen molar-refractivity contribution in [2.24, 2.45) is 10.7 Å². The molecule has 0 bridgehead atoms. The average molecular weight is 478 g/mol. The van der Waals surface area contributed by atoms with Crippen molar-refractivity contribution in [3.63, 3.8) is 0 Å². The SMILES string of the molecule is COc1ccc(NC(N)=NCCCN2CC(C)OC(C)C2)cc1OC.I. The summed E-state index contributed by atoms with van der Waals surface area (Å²) >= 11 is 0. The third-order valence-corrected chi connectivity index (χ3v) is 4.07. The molecule has 1 saturated heterocycles. The van der Waals surface area contributed by atoms with Crippen LogP contribution in [0.5, 0.6) is 11.5 Å². The first-order chi connectivity index (χ1) is 12.0. The van der Waals surface area contributed by atoms with E-state index in [0.29, 0.717) is 36.2 Å². The van der Waals surface area contributed by atoms with Gasteiger partial charge in [-0.25, -0.2) is 0 Å². The van der Waals surface area contributed by atoms with E-state index >= 15 is 0 Å². The molecule has 0 saturated carbocycles. The van der Waals surface area contributed by atoms with E-state index in [4.69, 9.17) is 19.9 Å². The summed E-state index contributed by atoms with van der Waals surface area (Å²) in [7, 11) is 3.21. The van der Waals surface area contributed by atoms with Crippen molar-refractivity contribution in [2.45, 2.75) is 32.5 Å². The lowest BCUT2D eigenvalue weighted by Gasteiger charge is -2.35. The fraction of sp³-hybridized carbons (Fsp3) is 0.611. The Morgan fingerprint density at radius 3 is 2.50 bits per heavy atom. The van der Waals surface area contributed by atoms with E-state index < -0.39 is 0 Å². The minimum Gasteiger partial charge on any atom is -0.493 e. The lowest BCUT2D eigenvalue weighted by molar-refractivity contribution is -0.0679. The second kappa shape index (κ2) is 11.5. The zero-order chi connectivity index (χ0) is 18.2. The van der Waals surface area contributed by atoms with Crippen molar-refractivity contribution in [3.8, 4) is 11.5 Å². The Kier molecular flexibility index (Phi) is 10.0. The summed E-state index contributed by atoms with van der Waals surface area (Å²) in [6.45, 7) is 7.88. The number of morpholine rings is 1. The second-order valence-corrected chi connectivity index (χ2v) is 6.33. The second-order valence-electron chi connectivity index (χ2n) is 6.33. The van der Waals surface area contributed by atoms with Gasteiger partial charge in [-0.1, -0.05) is 0 Å². The molecule has 3 N–H and O–H groups in total. The van der Waals surface area contributed by atoms with Crippen LogP contribution in [-0.2, 0) is 4.74 Å². The maximum atomic E-state index is 5.96. The number of nitrogens with one attached hydrogen (secondary N) is 1. The van der Waals surface area contributed by atoms with Crippen molar-refractivity contribution < 1.29 is 14.2 Å². The van der Waals surface area contributed by atoms with E-state index in [-0.39, 0.29) is 24.0 Å². The molecule has 1 aliphatic rings. The first-order valence-electron chi connectivity index (χ1n) is 8.68. The van der Waals surface area contributed by atoms with Crippen LogP contribution in [0.3, 0.4) is 0 Å². The van der Waals surface area contributed by atoms with Crippen LogP contribution in [0, 0.1) is 0 Å². The van der Waals surface area contributed by atoms with Crippen molar-refractivity contribution >= 4 is 35.6 Å². The fourth-order valence-electron chi connectivity index (χ4n) is 3.06. The molecule has 1 aliphatic heterocycles. The normalized spacial score (nSPS) is 21.0. The molecule has 1 aromatic carbocycles. The van der Waals surface area contributed by atoms with E-state index in [1.807, 2.05) is 18.2 Å². The molecule has 0 radical (unpaired) electrons. The smallest absolute Gasteiger partial charge is 0.193 e. The number of anilines is 1. The highest BCUT2D eigenvalue weighted by Gasteiger charge is 2.21. The number of benzene rings is 1. The van der Waals surface area contributed by atoms with Gasteiger partial charge in [-0.15, -0.1) is 24.0 Å². The number of guanidine groups is 1. The van der Waals surface area contributed by atoms with E-state index in [0.717, 1.165) is 31.7 Å².